The van der Waals surface area contributed by atoms with Crippen LogP contribution in [0.3, 0.4) is 0 Å². The molecule has 1 saturated carbocycles. The van der Waals surface area contributed by atoms with Gasteiger partial charge in [-0.05, 0) is 37.0 Å². The van der Waals surface area contributed by atoms with Crippen molar-refractivity contribution in [3.63, 3.8) is 0 Å². The molecule has 1 aromatic heterocycles. The van der Waals surface area contributed by atoms with E-state index in [-0.39, 0.29) is 0 Å². The van der Waals surface area contributed by atoms with E-state index in [2.05, 4.69) is 24.0 Å². The van der Waals surface area contributed by atoms with Gasteiger partial charge in [0.25, 0.3) is 0 Å². The maximum Gasteiger partial charge on any atom is 0.198 e. The average Bonchev–Trinajstić information content (AvgIpc) is 2.97. The first-order chi connectivity index (χ1) is 6.86. The summed E-state index contributed by atoms with van der Waals surface area (Å²) in [6, 6.07) is 6.28. The van der Waals surface area contributed by atoms with Gasteiger partial charge in [0, 0.05) is 5.92 Å². The zero-order valence-corrected chi connectivity index (χ0v) is 8.29. The average molecular weight is 187 g/mol. The van der Waals surface area contributed by atoms with Crippen LogP contribution in [0, 0.1) is 0 Å². The normalized spacial score (nSPS) is 16.4. The summed E-state index contributed by atoms with van der Waals surface area (Å²) in [5, 5.41) is 0. The van der Waals surface area contributed by atoms with Gasteiger partial charge < -0.3 is 4.42 Å². The standard InChI is InChI=1S/C12H13NO/c1-2-8-3-6-11-10(7-8)13-12(14-11)9-4-5-9/h3,6-7,9H,2,4-5H2,1H3. The van der Waals surface area contributed by atoms with Crippen LogP contribution in [0.4, 0.5) is 0 Å². The van der Waals surface area contributed by atoms with Crippen molar-refractivity contribution >= 4 is 11.1 Å². The Hall–Kier alpha value is -1.31. The Kier molecular flexibility index (Phi) is 1.63. The Labute approximate surface area is 82.9 Å². The molecule has 0 bridgehead atoms. The third kappa shape index (κ3) is 1.22. The Balaban J connectivity index is 2.12. The fourth-order valence-electron chi connectivity index (χ4n) is 1.72. The number of aryl methyl sites for hydroxylation is 1. The Bertz CT molecular complexity index is 468. The maximum absolute atomic E-state index is 5.68. The van der Waals surface area contributed by atoms with E-state index in [1.807, 2.05) is 6.07 Å². The molecule has 0 N–H and O–H groups in total. The van der Waals surface area contributed by atoms with Gasteiger partial charge in [0.1, 0.15) is 5.52 Å². The van der Waals surface area contributed by atoms with Gasteiger partial charge in [-0.2, -0.15) is 0 Å². The van der Waals surface area contributed by atoms with Crippen molar-refractivity contribution in [2.45, 2.75) is 32.1 Å². The lowest BCUT2D eigenvalue weighted by Gasteiger charge is -1.92. The van der Waals surface area contributed by atoms with E-state index in [0.29, 0.717) is 5.92 Å². The zero-order chi connectivity index (χ0) is 9.54. The van der Waals surface area contributed by atoms with Crippen LogP contribution in [-0.4, -0.2) is 4.98 Å². The molecule has 3 rings (SSSR count). The fraction of sp³-hybridized carbons (Fsp3) is 0.417. The molecule has 0 amide bonds. The number of rotatable bonds is 2. The highest BCUT2D eigenvalue weighted by Gasteiger charge is 2.28. The van der Waals surface area contributed by atoms with E-state index in [0.717, 1.165) is 23.4 Å². The summed E-state index contributed by atoms with van der Waals surface area (Å²) >= 11 is 0. The van der Waals surface area contributed by atoms with E-state index in [1.165, 1.54) is 18.4 Å². The van der Waals surface area contributed by atoms with Crippen LogP contribution in [0.15, 0.2) is 22.6 Å². The number of hydrogen-bond donors (Lipinski definition) is 0. The van der Waals surface area contributed by atoms with Crippen LogP contribution in [0.25, 0.3) is 11.1 Å². The number of fused-ring (bicyclic) bond motifs is 1. The Morgan fingerprint density at radius 3 is 3.00 bits per heavy atom. The Morgan fingerprint density at radius 1 is 1.43 bits per heavy atom. The minimum absolute atomic E-state index is 0.604. The second-order valence-electron chi connectivity index (χ2n) is 3.98. The molecule has 0 unspecified atom stereocenters. The van der Waals surface area contributed by atoms with Crippen molar-refractivity contribution in [2.75, 3.05) is 0 Å². The van der Waals surface area contributed by atoms with Crippen LogP contribution in [0.1, 0.15) is 37.1 Å². The molecule has 2 aromatic rings. The molecule has 0 spiro atoms. The molecule has 1 aliphatic rings. The second-order valence-corrected chi connectivity index (χ2v) is 3.98. The predicted octanol–water partition coefficient (Wildman–Crippen LogP) is 3.27. The number of nitrogens with zero attached hydrogens (tertiary/aromatic N) is 1. The van der Waals surface area contributed by atoms with Gasteiger partial charge in [0.05, 0.1) is 0 Å². The van der Waals surface area contributed by atoms with Crippen molar-refractivity contribution in [2.24, 2.45) is 0 Å². The van der Waals surface area contributed by atoms with Gasteiger partial charge in [-0.1, -0.05) is 13.0 Å². The largest absolute Gasteiger partial charge is 0.440 e. The second kappa shape index (κ2) is 2.84. The number of aromatic nitrogens is 1. The van der Waals surface area contributed by atoms with Crippen LogP contribution >= 0.6 is 0 Å². The van der Waals surface area contributed by atoms with Crippen molar-refractivity contribution in [1.29, 1.82) is 0 Å². The van der Waals surface area contributed by atoms with Gasteiger partial charge in [0.15, 0.2) is 11.5 Å². The third-order valence-electron chi connectivity index (χ3n) is 2.80. The molecule has 1 fully saturated rings. The number of oxazole rings is 1. The molecular formula is C12H13NO. The van der Waals surface area contributed by atoms with Gasteiger partial charge in [0.2, 0.25) is 0 Å². The summed E-state index contributed by atoms with van der Waals surface area (Å²) in [6.45, 7) is 2.16. The minimum atomic E-state index is 0.604. The first-order valence-electron chi connectivity index (χ1n) is 5.26. The SMILES string of the molecule is CCc1ccc2oc(C3CC3)nc2c1. The van der Waals surface area contributed by atoms with Gasteiger partial charge in [-0.3, -0.25) is 0 Å². The molecule has 2 heteroatoms. The highest BCUT2D eigenvalue weighted by atomic mass is 16.3. The molecule has 0 saturated heterocycles. The molecule has 2 nitrogen and oxygen atoms in total. The molecule has 0 atom stereocenters. The van der Waals surface area contributed by atoms with Crippen molar-refractivity contribution in [1.82, 2.24) is 4.98 Å². The molecule has 72 valence electrons. The van der Waals surface area contributed by atoms with Crippen LogP contribution in [-0.2, 0) is 6.42 Å². The van der Waals surface area contributed by atoms with E-state index < -0.39 is 0 Å². The van der Waals surface area contributed by atoms with Crippen molar-refractivity contribution in [3.05, 3.63) is 29.7 Å². The first kappa shape index (κ1) is 8.04. The molecule has 1 aliphatic carbocycles. The lowest BCUT2D eigenvalue weighted by molar-refractivity contribution is 0.533. The summed E-state index contributed by atoms with van der Waals surface area (Å²) < 4.78 is 5.68. The number of benzene rings is 1. The van der Waals surface area contributed by atoms with E-state index in [1.54, 1.807) is 0 Å². The highest BCUT2D eigenvalue weighted by molar-refractivity contribution is 5.73. The molecule has 0 radical (unpaired) electrons. The molecule has 1 aromatic carbocycles. The van der Waals surface area contributed by atoms with Crippen LogP contribution in [0.5, 0.6) is 0 Å². The highest BCUT2D eigenvalue weighted by Crippen LogP contribution is 2.40. The molecular weight excluding hydrogens is 174 g/mol. The minimum Gasteiger partial charge on any atom is -0.440 e. The summed E-state index contributed by atoms with van der Waals surface area (Å²) in [6.07, 6.45) is 3.54. The van der Waals surface area contributed by atoms with Gasteiger partial charge in [-0.15, -0.1) is 0 Å². The summed E-state index contributed by atoms with van der Waals surface area (Å²) in [7, 11) is 0. The quantitative estimate of drug-likeness (QED) is 0.721. The summed E-state index contributed by atoms with van der Waals surface area (Å²) in [5.74, 6) is 1.54. The lowest BCUT2D eigenvalue weighted by atomic mass is 10.1. The van der Waals surface area contributed by atoms with Gasteiger partial charge >= 0.3 is 0 Å². The molecule has 14 heavy (non-hydrogen) atoms. The fourth-order valence-corrected chi connectivity index (χ4v) is 1.72. The van der Waals surface area contributed by atoms with Crippen molar-refractivity contribution < 1.29 is 4.42 Å². The monoisotopic (exact) mass is 187 g/mol. The van der Waals surface area contributed by atoms with Crippen LogP contribution < -0.4 is 0 Å². The van der Waals surface area contributed by atoms with Crippen LogP contribution in [0.2, 0.25) is 0 Å². The predicted molar refractivity (Wildman–Crippen MR) is 55.4 cm³/mol. The van der Waals surface area contributed by atoms with E-state index in [9.17, 15) is 0 Å². The summed E-state index contributed by atoms with van der Waals surface area (Å²) in [4.78, 5) is 4.52. The molecule has 1 heterocycles. The lowest BCUT2D eigenvalue weighted by Crippen LogP contribution is -1.79. The Morgan fingerprint density at radius 2 is 2.29 bits per heavy atom. The topological polar surface area (TPSA) is 26.0 Å². The van der Waals surface area contributed by atoms with E-state index >= 15 is 0 Å². The number of hydrogen-bond acceptors (Lipinski definition) is 2. The van der Waals surface area contributed by atoms with Crippen molar-refractivity contribution in [3.8, 4) is 0 Å². The smallest absolute Gasteiger partial charge is 0.198 e. The summed E-state index contributed by atoms with van der Waals surface area (Å²) in [5.41, 5.74) is 3.28. The zero-order valence-electron chi connectivity index (χ0n) is 8.29. The maximum atomic E-state index is 5.68. The first-order valence-corrected chi connectivity index (χ1v) is 5.26. The van der Waals surface area contributed by atoms with Gasteiger partial charge in [-0.25, -0.2) is 4.98 Å². The third-order valence-corrected chi connectivity index (χ3v) is 2.80. The van der Waals surface area contributed by atoms with E-state index in [4.69, 9.17) is 4.42 Å². The molecule has 0 aliphatic heterocycles.